The second kappa shape index (κ2) is 5.59. The number of para-hydroxylation sites is 1. The summed E-state index contributed by atoms with van der Waals surface area (Å²) in [5.74, 6) is 0.470. The van der Waals surface area contributed by atoms with Crippen molar-refractivity contribution in [2.75, 3.05) is 5.43 Å². The number of aromatic amines is 1. The van der Waals surface area contributed by atoms with Crippen LogP contribution in [0.5, 0.6) is 0 Å². The lowest BCUT2D eigenvalue weighted by Crippen LogP contribution is -2.33. The van der Waals surface area contributed by atoms with Crippen LogP contribution >= 0.6 is 24.4 Å². The van der Waals surface area contributed by atoms with Crippen LogP contribution in [-0.2, 0) is 0 Å². The summed E-state index contributed by atoms with van der Waals surface area (Å²) in [7, 11) is 0. The van der Waals surface area contributed by atoms with Gasteiger partial charge in [0.2, 0.25) is 5.11 Å². The molecule has 0 saturated carbocycles. The monoisotopic (exact) mass is 293 g/mol. The molecule has 0 atom stereocenters. The second-order valence-electron chi connectivity index (χ2n) is 3.55. The molecular weight excluding hydrogens is 282 g/mol. The predicted molar refractivity (Wildman–Crippen MR) is 83.1 cm³/mol. The van der Waals surface area contributed by atoms with Crippen molar-refractivity contribution in [2.45, 2.75) is 0 Å². The Morgan fingerprint density at radius 2 is 1.95 bits per heavy atom. The maximum Gasteiger partial charge on any atom is 0.211 e. The highest BCUT2D eigenvalue weighted by molar-refractivity contribution is 7.80. The van der Waals surface area contributed by atoms with E-state index in [0.717, 1.165) is 10.9 Å². The van der Waals surface area contributed by atoms with E-state index in [9.17, 15) is 0 Å². The van der Waals surface area contributed by atoms with Crippen molar-refractivity contribution in [3.05, 3.63) is 24.3 Å². The molecule has 2 rings (SSSR count). The zero-order chi connectivity index (χ0) is 13.8. The van der Waals surface area contributed by atoms with Crippen LogP contribution in [0.15, 0.2) is 34.5 Å². The van der Waals surface area contributed by atoms with Gasteiger partial charge in [-0.25, -0.2) is 0 Å². The average Bonchev–Trinajstić information content (AvgIpc) is 2.71. The summed E-state index contributed by atoms with van der Waals surface area (Å²) in [6.07, 6.45) is 0. The minimum absolute atomic E-state index is 0.0492. The molecule has 0 fully saturated rings. The largest absolute Gasteiger partial charge is 0.375 e. The third kappa shape index (κ3) is 3.14. The molecule has 2 aromatic rings. The molecule has 0 amide bonds. The number of nitrogens with zero attached hydrogens (tertiary/aromatic N) is 2. The van der Waals surface area contributed by atoms with Crippen molar-refractivity contribution in [1.29, 1.82) is 0 Å². The average molecular weight is 293 g/mol. The van der Waals surface area contributed by atoms with Crippen LogP contribution in [0.2, 0.25) is 0 Å². The quantitative estimate of drug-likeness (QED) is 0.334. The minimum Gasteiger partial charge on any atom is -0.375 e. The van der Waals surface area contributed by atoms with Gasteiger partial charge in [-0.1, -0.05) is 18.2 Å². The van der Waals surface area contributed by atoms with Gasteiger partial charge in [-0.05, 0) is 30.5 Å². The lowest BCUT2D eigenvalue weighted by atomic mass is 10.2. The number of rotatable bonds is 3. The van der Waals surface area contributed by atoms with Crippen LogP contribution in [0.25, 0.3) is 10.9 Å². The summed E-state index contributed by atoms with van der Waals surface area (Å²) >= 11 is 9.39. The third-order valence-corrected chi connectivity index (χ3v) is 2.43. The smallest absolute Gasteiger partial charge is 0.211 e. The minimum atomic E-state index is -0.0492. The molecule has 1 aromatic heterocycles. The molecule has 0 bridgehead atoms. The van der Waals surface area contributed by atoms with Crippen molar-refractivity contribution in [2.24, 2.45) is 21.7 Å². The number of azo groups is 1. The standard InChI is InChI=1S/C10H11N7S2/c11-9(18)16-14-7-5-3-1-2-4-6(5)13-8(7)15-17-10(12)19/h1-4,13-14H,(H2,12,19)(H3,11,16,18)/b17-15+. The Kier molecular flexibility index (Phi) is 3.88. The van der Waals surface area contributed by atoms with Crippen LogP contribution in [0.4, 0.5) is 11.5 Å². The summed E-state index contributed by atoms with van der Waals surface area (Å²) in [5, 5.41) is 8.56. The number of hydrogen-bond donors (Lipinski definition) is 5. The highest BCUT2D eigenvalue weighted by atomic mass is 32.1. The van der Waals surface area contributed by atoms with Crippen LogP contribution in [0, 0.1) is 0 Å². The molecule has 0 spiro atoms. The van der Waals surface area contributed by atoms with Gasteiger partial charge in [0.05, 0.1) is 0 Å². The summed E-state index contributed by atoms with van der Waals surface area (Å²) < 4.78 is 0. The van der Waals surface area contributed by atoms with E-state index >= 15 is 0 Å². The molecule has 1 heterocycles. The van der Waals surface area contributed by atoms with E-state index < -0.39 is 0 Å². The number of aromatic nitrogens is 1. The van der Waals surface area contributed by atoms with E-state index in [-0.39, 0.29) is 10.2 Å². The Balaban J connectivity index is 2.45. The van der Waals surface area contributed by atoms with Crippen LogP contribution in [0.3, 0.4) is 0 Å². The van der Waals surface area contributed by atoms with Crippen molar-refractivity contribution in [3.63, 3.8) is 0 Å². The van der Waals surface area contributed by atoms with Crippen molar-refractivity contribution in [1.82, 2.24) is 10.4 Å². The van der Waals surface area contributed by atoms with Gasteiger partial charge in [-0.3, -0.25) is 10.9 Å². The zero-order valence-corrected chi connectivity index (χ0v) is 11.3. The molecule has 0 aliphatic heterocycles. The van der Waals surface area contributed by atoms with Crippen molar-refractivity contribution < 1.29 is 0 Å². The summed E-state index contributed by atoms with van der Waals surface area (Å²) in [4.78, 5) is 3.08. The van der Waals surface area contributed by atoms with Gasteiger partial charge in [-0.15, -0.1) is 10.2 Å². The number of hydrogen-bond acceptors (Lipinski definition) is 4. The lowest BCUT2D eigenvalue weighted by Gasteiger charge is -2.06. The predicted octanol–water partition coefficient (Wildman–Crippen LogP) is 1.66. The number of anilines is 1. The van der Waals surface area contributed by atoms with Crippen molar-refractivity contribution in [3.8, 4) is 0 Å². The Morgan fingerprint density at radius 3 is 2.63 bits per heavy atom. The fourth-order valence-corrected chi connectivity index (χ4v) is 1.64. The number of thiocarbonyl (C=S) groups is 2. The number of nitrogens with two attached hydrogens (primary N) is 2. The summed E-state index contributed by atoms with van der Waals surface area (Å²) in [6, 6.07) is 7.62. The number of benzene rings is 1. The highest BCUT2D eigenvalue weighted by Crippen LogP contribution is 2.33. The van der Waals surface area contributed by atoms with Gasteiger partial charge < -0.3 is 16.5 Å². The van der Waals surface area contributed by atoms with Gasteiger partial charge >= 0.3 is 0 Å². The van der Waals surface area contributed by atoms with Gasteiger partial charge in [0.1, 0.15) is 5.69 Å². The fourth-order valence-electron chi connectivity index (χ4n) is 1.55. The molecule has 0 saturated heterocycles. The van der Waals surface area contributed by atoms with Crippen LogP contribution in [-0.4, -0.2) is 15.2 Å². The second-order valence-corrected chi connectivity index (χ2v) is 4.40. The normalized spacial score (nSPS) is 10.7. The Labute approximate surface area is 119 Å². The maximum atomic E-state index is 5.38. The number of fused-ring (bicyclic) bond motifs is 1. The van der Waals surface area contributed by atoms with Gasteiger partial charge in [0.15, 0.2) is 10.9 Å². The number of nitrogens with one attached hydrogen (secondary N) is 3. The molecule has 0 radical (unpaired) electrons. The summed E-state index contributed by atoms with van der Waals surface area (Å²) in [6.45, 7) is 0. The first-order valence-corrected chi connectivity index (χ1v) is 6.03. The zero-order valence-electron chi connectivity index (χ0n) is 9.68. The molecule has 0 unspecified atom stereocenters. The maximum absolute atomic E-state index is 5.38. The van der Waals surface area contributed by atoms with E-state index in [1.165, 1.54) is 0 Å². The van der Waals surface area contributed by atoms with Crippen LogP contribution < -0.4 is 22.3 Å². The van der Waals surface area contributed by atoms with Gasteiger partial charge in [-0.2, -0.15) is 0 Å². The first-order valence-electron chi connectivity index (χ1n) is 5.21. The highest BCUT2D eigenvalue weighted by Gasteiger charge is 2.10. The van der Waals surface area contributed by atoms with Crippen LogP contribution in [0.1, 0.15) is 0 Å². The molecule has 98 valence electrons. The molecule has 19 heavy (non-hydrogen) atoms. The van der Waals surface area contributed by atoms with E-state index in [0.29, 0.717) is 11.5 Å². The molecule has 7 N–H and O–H groups in total. The molecule has 7 nitrogen and oxygen atoms in total. The lowest BCUT2D eigenvalue weighted by molar-refractivity contribution is 1.12. The van der Waals surface area contributed by atoms with Crippen molar-refractivity contribution >= 4 is 57.1 Å². The van der Waals surface area contributed by atoms with E-state index in [2.05, 4.69) is 38.3 Å². The topological polar surface area (TPSA) is 117 Å². The molecule has 9 heteroatoms. The third-order valence-electron chi connectivity index (χ3n) is 2.25. The Hall–Kier alpha value is -2.26. The molecular formula is C10H11N7S2. The fraction of sp³-hybridized carbons (Fsp3) is 0. The molecule has 0 aliphatic carbocycles. The van der Waals surface area contributed by atoms with E-state index in [4.69, 9.17) is 23.7 Å². The molecule has 0 aliphatic rings. The Bertz CT molecular complexity index is 661. The van der Waals surface area contributed by atoms with E-state index in [1.807, 2.05) is 24.3 Å². The first-order chi connectivity index (χ1) is 9.08. The van der Waals surface area contributed by atoms with Gasteiger partial charge in [0, 0.05) is 10.9 Å². The number of hydrazine groups is 1. The Morgan fingerprint density at radius 1 is 1.21 bits per heavy atom. The SMILES string of the molecule is NC(=S)/N=N/c1[nH]c2ccccc2c1NNC(N)=S. The first kappa shape index (κ1) is 13.2. The van der Waals surface area contributed by atoms with Gasteiger partial charge in [0.25, 0.3) is 0 Å². The van der Waals surface area contributed by atoms with E-state index in [1.54, 1.807) is 0 Å². The molecule has 1 aromatic carbocycles. The number of H-pyrrole nitrogens is 1. The summed E-state index contributed by atoms with van der Waals surface area (Å²) in [5.41, 5.74) is 17.7.